The van der Waals surface area contributed by atoms with E-state index in [1.807, 2.05) is 4.57 Å². The molecule has 4 aromatic rings. The third kappa shape index (κ3) is 4.66. The molecular formula is C26H22N6O4S. The van der Waals surface area contributed by atoms with Gasteiger partial charge in [-0.25, -0.2) is 0 Å². The summed E-state index contributed by atoms with van der Waals surface area (Å²) in [5.41, 5.74) is 0.700. The van der Waals surface area contributed by atoms with Gasteiger partial charge in [-0.2, -0.15) is 5.26 Å². The highest BCUT2D eigenvalue weighted by atomic mass is 32.1. The Morgan fingerprint density at radius 1 is 1.22 bits per heavy atom. The van der Waals surface area contributed by atoms with Crippen LogP contribution in [-0.2, 0) is 19.5 Å². The van der Waals surface area contributed by atoms with Crippen molar-refractivity contribution in [3.63, 3.8) is 0 Å². The molecule has 0 amide bonds. The molecule has 4 heterocycles. The van der Waals surface area contributed by atoms with Gasteiger partial charge in [0.25, 0.3) is 11.2 Å². The molecule has 0 aliphatic carbocycles. The van der Waals surface area contributed by atoms with E-state index in [9.17, 15) is 20.2 Å². The van der Waals surface area contributed by atoms with E-state index < -0.39 is 4.92 Å². The fraction of sp³-hybridized carbons (Fsp3) is 0.231. The largest absolute Gasteiger partial charge is 0.457 e. The van der Waals surface area contributed by atoms with Gasteiger partial charge >= 0.3 is 0 Å². The number of nitriles is 1. The predicted octanol–water partition coefficient (Wildman–Crippen LogP) is 3.13. The monoisotopic (exact) mass is 514 g/mol. The summed E-state index contributed by atoms with van der Waals surface area (Å²) in [5, 5.41) is 29.6. The molecule has 1 aliphatic rings. The lowest BCUT2D eigenvalue weighted by Crippen LogP contribution is -2.32. The number of nitro benzene ring substituents is 1. The first-order valence-corrected chi connectivity index (χ1v) is 12.6. The van der Waals surface area contributed by atoms with Crippen molar-refractivity contribution >= 4 is 28.7 Å². The quantitative estimate of drug-likeness (QED) is 0.219. The third-order valence-corrected chi connectivity index (χ3v) is 7.27. The van der Waals surface area contributed by atoms with Gasteiger partial charge in [-0.15, -0.1) is 28.1 Å². The van der Waals surface area contributed by atoms with Gasteiger partial charge in [0, 0.05) is 43.3 Å². The highest BCUT2D eigenvalue weighted by molar-refractivity contribution is 7.07. The Labute approximate surface area is 214 Å². The molecule has 1 aliphatic heterocycles. The molecular weight excluding hydrogens is 492 g/mol. The average molecular weight is 515 g/mol. The number of aryl methyl sites for hydroxylation is 1. The molecule has 11 heteroatoms. The van der Waals surface area contributed by atoms with Gasteiger partial charge in [0.2, 0.25) is 0 Å². The molecule has 10 nitrogen and oxygen atoms in total. The number of rotatable bonds is 6. The Morgan fingerprint density at radius 3 is 2.76 bits per heavy atom. The van der Waals surface area contributed by atoms with Crippen LogP contribution in [0.1, 0.15) is 36.7 Å². The minimum Gasteiger partial charge on any atom is -0.457 e. The number of hydrogen-bond donors (Lipinski definition) is 0. The van der Waals surface area contributed by atoms with Crippen molar-refractivity contribution < 1.29 is 9.34 Å². The maximum atomic E-state index is 13.3. The van der Waals surface area contributed by atoms with E-state index in [-0.39, 0.29) is 17.8 Å². The first kappa shape index (κ1) is 24.1. The molecule has 0 unspecified atom stereocenters. The van der Waals surface area contributed by atoms with Crippen molar-refractivity contribution in [2.75, 3.05) is 0 Å². The normalized spacial score (nSPS) is 14.5. The second-order valence-electron chi connectivity index (χ2n) is 8.52. The van der Waals surface area contributed by atoms with Crippen LogP contribution in [0.25, 0.3) is 23.0 Å². The Morgan fingerprint density at radius 2 is 2.03 bits per heavy atom. The van der Waals surface area contributed by atoms with E-state index in [1.165, 1.54) is 28.0 Å². The molecule has 186 valence electrons. The molecule has 0 saturated carbocycles. The van der Waals surface area contributed by atoms with E-state index in [0.717, 1.165) is 38.1 Å². The topological polar surface area (TPSA) is 133 Å². The molecule has 0 fully saturated rings. The first-order valence-electron chi connectivity index (χ1n) is 11.7. The highest BCUT2D eigenvalue weighted by Crippen LogP contribution is 2.25. The Kier molecular flexibility index (Phi) is 6.66. The zero-order valence-corrected chi connectivity index (χ0v) is 20.6. The second kappa shape index (κ2) is 10.2. The Balaban J connectivity index is 1.61. The van der Waals surface area contributed by atoms with E-state index in [0.29, 0.717) is 37.7 Å². The van der Waals surface area contributed by atoms with Crippen molar-refractivity contribution in [2.24, 2.45) is 0 Å². The van der Waals surface area contributed by atoms with E-state index in [2.05, 4.69) is 22.8 Å². The van der Waals surface area contributed by atoms with Gasteiger partial charge < -0.3 is 8.98 Å². The molecule has 0 radical (unpaired) electrons. The molecule has 3 aromatic heterocycles. The van der Waals surface area contributed by atoms with Crippen LogP contribution in [0.15, 0.2) is 58.3 Å². The zero-order valence-electron chi connectivity index (χ0n) is 19.8. The third-order valence-electron chi connectivity index (χ3n) is 6.14. The minimum absolute atomic E-state index is 0.00918. The number of benzene rings is 1. The number of hydrogen-bond acceptors (Lipinski definition) is 8. The lowest BCUT2D eigenvalue weighted by Gasteiger charge is -2.06. The fourth-order valence-corrected chi connectivity index (χ4v) is 5.41. The number of fused-ring (bicyclic) bond motifs is 1. The highest BCUT2D eigenvalue weighted by Gasteiger charge is 2.20. The molecule has 1 aromatic carbocycles. The van der Waals surface area contributed by atoms with E-state index in [1.54, 1.807) is 36.4 Å². The second-order valence-corrected chi connectivity index (χ2v) is 9.55. The number of thiazole rings is 1. The molecule has 0 atom stereocenters. The van der Waals surface area contributed by atoms with Crippen LogP contribution in [0.5, 0.6) is 0 Å². The molecule has 0 N–H and O–H groups in total. The Hall–Kier alpha value is -4.56. The van der Waals surface area contributed by atoms with Crippen LogP contribution in [0.3, 0.4) is 0 Å². The van der Waals surface area contributed by atoms with Gasteiger partial charge in [0.15, 0.2) is 5.82 Å². The summed E-state index contributed by atoms with van der Waals surface area (Å²) in [6, 6.07) is 11.7. The molecule has 0 spiro atoms. The number of allylic oxidation sites excluding steroid dienone is 1. The average Bonchev–Trinajstić information content (AvgIpc) is 3.55. The molecule has 37 heavy (non-hydrogen) atoms. The minimum atomic E-state index is -0.461. The van der Waals surface area contributed by atoms with Crippen molar-refractivity contribution in [1.82, 2.24) is 19.3 Å². The van der Waals surface area contributed by atoms with Crippen LogP contribution in [0, 0.1) is 21.4 Å². The summed E-state index contributed by atoms with van der Waals surface area (Å²) in [5.74, 6) is 2.29. The first-order chi connectivity index (χ1) is 18.0. The van der Waals surface area contributed by atoms with Crippen molar-refractivity contribution in [2.45, 2.75) is 38.8 Å². The number of nitro groups is 1. The van der Waals surface area contributed by atoms with Gasteiger partial charge in [-0.3, -0.25) is 19.5 Å². The summed E-state index contributed by atoms with van der Waals surface area (Å²) < 4.78 is 10.3. The van der Waals surface area contributed by atoms with Crippen LogP contribution in [0.4, 0.5) is 5.69 Å². The van der Waals surface area contributed by atoms with Crippen LogP contribution in [-0.4, -0.2) is 24.3 Å². The van der Waals surface area contributed by atoms with Crippen LogP contribution >= 0.6 is 11.3 Å². The van der Waals surface area contributed by atoms with Crippen molar-refractivity contribution in [3.05, 3.63) is 96.1 Å². The summed E-state index contributed by atoms with van der Waals surface area (Å²) in [7, 11) is 0. The van der Waals surface area contributed by atoms with Gasteiger partial charge in [-0.1, -0.05) is 12.5 Å². The maximum absolute atomic E-state index is 13.3. The molecule has 0 saturated heterocycles. The zero-order chi connectivity index (χ0) is 25.9. The molecule has 0 bridgehead atoms. The maximum Gasteiger partial charge on any atom is 0.269 e. The summed E-state index contributed by atoms with van der Waals surface area (Å²) in [6.45, 7) is 4.73. The predicted molar refractivity (Wildman–Crippen MR) is 138 cm³/mol. The summed E-state index contributed by atoms with van der Waals surface area (Å²) in [4.78, 5) is 23.8. The van der Waals surface area contributed by atoms with Crippen molar-refractivity contribution in [1.29, 1.82) is 5.26 Å². The number of furan rings is 1. The van der Waals surface area contributed by atoms with Gasteiger partial charge in [0.05, 0.1) is 9.46 Å². The van der Waals surface area contributed by atoms with E-state index in [4.69, 9.17) is 4.42 Å². The summed E-state index contributed by atoms with van der Waals surface area (Å²) in [6.07, 6.45) is 7.16. The lowest BCUT2D eigenvalue weighted by molar-refractivity contribution is -0.384. The smallest absolute Gasteiger partial charge is 0.269 e. The number of nitrogens with zero attached hydrogens (tertiary/aromatic N) is 6. The van der Waals surface area contributed by atoms with Gasteiger partial charge in [-0.05, 0) is 37.1 Å². The number of aromatic nitrogens is 4. The van der Waals surface area contributed by atoms with Gasteiger partial charge in [0.1, 0.15) is 33.7 Å². The number of non-ortho nitro benzene ring substituents is 1. The fourth-order valence-electron chi connectivity index (χ4n) is 4.33. The molecule has 5 rings (SSSR count). The van der Waals surface area contributed by atoms with Crippen LogP contribution < -0.4 is 14.8 Å². The van der Waals surface area contributed by atoms with Crippen LogP contribution in [0.2, 0.25) is 0 Å². The summed E-state index contributed by atoms with van der Waals surface area (Å²) >= 11 is 1.19. The SMILES string of the molecule is C=CCn1c(=O)/c(=C/c2ccc(-c3ccc([N+](=O)[O-])cc3)o2)s/c1=C(\C#N)c1nnc2n1CCCCC2. The Bertz CT molecular complexity index is 1720. The lowest BCUT2D eigenvalue weighted by atomic mass is 10.1. The van der Waals surface area contributed by atoms with E-state index >= 15 is 0 Å². The van der Waals surface area contributed by atoms with Crippen molar-refractivity contribution in [3.8, 4) is 17.4 Å². The standard InChI is InChI=1S/C26H22N6O4S/c1-2-13-31-25(33)22(15-19-11-12-21(36-19)17-7-9-18(10-8-17)32(34)35)37-26(31)20(16-27)24-29-28-23-6-4-3-5-14-30(23)24/h2,7-12,15H,1,3-6,13-14H2/b22-15-,26-20+.